The second-order valence-corrected chi connectivity index (χ2v) is 6.67. The van der Waals surface area contributed by atoms with Crippen molar-refractivity contribution in [3.05, 3.63) is 58.2 Å². The van der Waals surface area contributed by atoms with Crippen LogP contribution in [0.5, 0.6) is 5.75 Å². The summed E-state index contributed by atoms with van der Waals surface area (Å²) in [5.41, 5.74) is 1.32. The summed E-state index contributed by atoms with van der Waals surface area (Å²) in [6.45, 7) is 0. The summed E-state index contributed by atoms with van der Waals surface area (Å²) in [4.78, 5) is 18.8. The van der Waals surface area contributed by atoms with Crippen LogP contribution in [0.4, 0.5) is 5.69 Å². The van der Waals surface area contributed by atoms with Crippen LogP contribution in [0.1, 0.15) is 5.69 Å². The number of hydrogen-bond acceptors (Lipinski definition) is 5. The highest BCUT2D eigenvalue weighted by molar-refractivity contribution is 8.27. The van der Waals surface area contributed by atoms with Crippen LogP contribution >= 0.6 is 35.6 Å². The molecule has 0 aliphatic carbocycles. The lowest BCUT2D eigenvalue weighted by molar-refractivity contribution is -0.113. The van der Waals surface area contributed by atoms with E-state index in [0.717, 1.165) is 0 Å². The summed E-state index contributed by atoms with van der Waals surface area (Å²) in [6.07, 6.45) is 3.40. The van der Waals surface area contributed by atoms with Gasteiger partial charge in [0.25, 0.3) is 5.91 Å². The number of methoxy groups -OCH3 is 1. The van der Waals surface area contributed by atoms with Crippen molar-refractivity contribution >= 4 is 57.6 Å². The van der Waals surface area contributed by atoms with Gasteiger partial charge in [-0.05, 0) is 36.4 Å². The van der Waals surface area contributed by atoms with Gasteiger partial charge in [0, 0.05) is 6.20 Å². The van der Waals surface area contributed by atoms with Crippen LogP contribution in [0.15, 0.2) is 47.5 Å². The Morgan fingerprint density at radius 3 is 2.83 bits per heavy atom. The lowest BCUT2D eigenvalue weighted by Gasteiger charge is -2.15. The first kappa shape index (κ1) is 16.0. The Labute approximate surface area is 148 Å². The first-order valence-electron chi connectivity index (χ1n) is 6.62. The Morgan fingerprint density at radius 2 is 2.17 bits per heavy atom. The van der Waals surface area contributed by atoms with Crippen LogP contribution < -0.4 is 9.64 Å². The molecule has 1 saturated heterocycles. The van der Waals surface area contributed by atoms with Gasteiger partial charge in [-0.2, -0.15) is 0 Å². The number of benzene rings is 1. The highest BCUT2D eigenvalue weighted by Crippen LogP contribution is 2.38. The predicted molar refractivity (Wildman–Crippen MR) is 97.9 cm³/mol. The third-order valence-corrected chi connectivity index (χ3v) is 4.75. The Morgan fingerprint density at radius 1 is 1.35 bits per heavy atom. The maximum absolute atomic E-state index is 12.6. The van der Waals surface area contributed by atoms with E-state index in [1.54, 1.807) is 30.5 Å². The quantitative estimate of drug-likeness (QED) is 0.606. The number of rotatable bonds is 3. The highest BCUT2D eigenvalue weighted by atomic mass is 35.5. The van der Waals surface area contributed by atoms with Gasteiger partial charge in [-0.25, -0.2) is 0 Å². The van der Waals surface area contributed by atoms with Gasteiger partial charge >= 0.3 is 0 Å². The molecule has 0 N–H and O–H groups in total. The van der Waals surface area contributed by atoms with Crippen molar-refractivity contribution in [2.75, 3.05) is 12.0 Å². The minimum Gasteiger partial charge on any atom is -0.495 e. The van der Waals surface area contributed by atoms with Crippen LogP contribution in [0.25, 0.3) is 6.08 Å². The average molecular weight is 363 g/mol. The van der Waals surface area contributed by atoms with Gasteiger partial charge in [-0.1, -0.05) is 41.6 Å². The molecule has 0 bridgehead atoms. The van der Waals surface area contributed by atoms with Gasteiger partial charge in [0.1, 0.15) is 5.75 Å². The molecular formula is C16H11ClN2O2S2. The number of carbonyl (C=O) groups is 1. The number of aromatic nitrogens is 1. The third-order valence-electron chi connectivity index (χ3n) is 3.15. The van der Waals surface area contributed by atoms with E-state index in [2.05, 4.69) is 4.98 Å². The molecule has 0 atom stereocenters. The minimum absolute atomic E-state index is 0.188. The van der Waals surface area contributed by atoms with E-state index in [9.17, 15) is 4.79 Å². The second-order valence-electron chi connectivity index (χ2n) is 4.59. The van der Waals surface area contributed by atoms with Crippen LogP contribution in [0.2, 0.25) is 5.02 Å². The van der Waals surface area contributed by atoms with E-state index in [4.69, 9.17) is 28.6 Å². The van der Waals surface area contributed by atoms with E-state index < -0.39 is 0 Å². The summed E-state index contributed by atoms with van der Waals surface area (Å²) >= 11 is 12.7. The number of carbonyl (C=O) groups excluding carboxylic acids is 1. The van der Waals surface area contributed by atoms with Gasteiger partial charge in [-0.15, -0.1) is 0 Å². The molecular weight excluding hydrogens is 352 g/mol. The van der Waals surface area contributed by atoms with Crippen molar-refractivity contribution in [2.24, 2.45) is 0 Å². The number of anilines is 1. The average Bonchev–Trinajstić information content (AvgIpc) is 2.82. The molecule has 2 heterocycles. The number of hydrogen-bond donors (Lipinski definition) is 0. The van der Waals surface area contributed by atoms with Crippen LogP contribution in [-0.4, -0.2) is 22.3 Å². The molecule has 1 fully saturated rings. The zero-order valence-corrected chi connectivity index (χ0v) is 14.4. The topological polar surface area (TPSA) is 42.4 Å². The standard InChI is InChI=1S/C16H11ClN2O2S2/c1-21-13-6-5-11(9-12(13)17)19-15(20)14(23-16(19)22)8-10-4-2-3-7-18-10/h2-9H,1H3/b14-8-. The Kier molecular flexibility index (Phi) is 4.66. The van der Waals surface area contributed by atoms with E-state index in [1.165, 1.54) is 23.8 Å². The van der Waals surface area contributed by atoms with E-state index in [-0.39, 0.29) is 5.91 Å². The first-order valence-corrected chi connectivity index (χ1v) is 8.23. The normalized spacial score (nSPS) is 16.3. The van der Waals surface area contributed by atoms with Gasteiger partial charge in [0.2, 0.25) is 0 Å². The van der Waals surface area contributed by atoms with E-state index >= 15 is 0 Å². The molecule has 4 nitrogen and oxygen atoms in total. The van der Waals surface area contributed by atoms with Crippen molar-refractivity contribution in [2.45, 2.75) is 0 Å². The maximum Gasteiger partial charge on any atom is 0.270 e. The number of thioether (sulfide) groups is 1. The Balaban J connectivity index is 1.93. The number of halogens is 1. The molecule has 0 radical (unpaired) electrons. The molecule has 0 spiro atoms. The van der Waals surface area contributed by atoms with Crippen molar-refractivity contribution in [3.63, 3.8) is 0 Å². The van der Waals surface area contributed by atoms with Crippen LogP contribution in [-0.2, 0) is 4.79 Å². The van der Waals surface area contributed by atoms with Crippen molar-refractivity contribution in [1.82, 2.24) is 4.98 Å². The SMILES string of the molecule is COc1ccc(N2C(=O)/C(=C/c3ccccn3)SC2=S)cc1Cl. The fraction of sp³-hybridized carbons (Fsp3) is 0.0625. The molecule has 1 aliphatic heterocycles. The van der Waals surface area contributed by atoms with Crippen LogP contribution in [0.3, 0.4) is 0 Å². The highest BCUT2D eigenvalue weighted by Gasteiger charge is 2.33. The smallest absolute Gasteiger partial charge is 0.270 e. The lowest BCUT2D eigenvalue weighted by atomic mass is 10.2. The number of pyridine rings is 1. The van der Waals surface area contributed by atoms with E-state index in [1.807, 2.05) is 18.2 Å². The minimum atomic E-state index is -0.188. The molecule has 3 rings (SSSR count). The number of thiocarbonyl (C=S) groups is 1. The largest absolute Gasteiger partial charge is 0.495 e. The summed E-state index contributed by atoms with van der Waals surface area (Å²) in [6, 6.07) is 10.6. The fourth-order valence-corrected chi connectivity index (χ4v) is 3.62. The van der Waals surface area contributed by atoms with Crippen LogP contribution in [0, 0.1) is 0 Å². The second kappa shape index (κ2) is 6.70. The number of ether oxygens (including phenoxy) is 1. The molecule has 7 heteroatoms. The first-order chi connectivity index (χ1) is 11.1. The zero-order chi connectivity index (χ0) is 16.4. The van der Waals surface area contributed by atoms with E-state index in [0.29, 0.717) is 31.4 Å². The lowest BCUT2D eigenvalue weighted by Crippen LogP contribution is -2.27. The van der Waals surface area contributed by atoms with Gasteiger partial charge in [-0.3, -0.25) is 14.7 Å². The van der Waals surface area contributed by atoms with Crippen molar-refractivity contribution in [3.8, 4) is 5.75 Å². The predicted octanol–water partition coefficient (Wildman–Crippen LogP) is 4.15. The fourth-order valence-electron chi connectivity index (χ4n) is 2.08. The van der Waals surface area contributed by atoms with Gasteiger partial charge in [0.05, 0.1) is 28.4 Å². The number of nitrogens with zero attached hydrogens (tertiary/aromatic N) is 2. The number of amides is 1. The molecule has 2 aromatic rings. The molecule has 1 aromatic carbocycles. The van der Waals surface area contributed by atoms with Crippen molar-refractivity contribution in [1.29, 1.82) is 0 Å². The summed E-state index contributed by atoms with van der Waals surface area (Å²) in [7, 11) is 1.54. The zero-order valence-electron chi connectivity index (χ0n) is 12.0. The van der Waals surface area contributed by atoms with Gasteiger partial charge in [0.15, 0.2) is 4.32 Å². The monoisotopic (exact) mass is 362 g/mol. The Bertz CT molecular complexity index is 809. The molecule has 23 heavy (non-hydrogen) atoms. The maximum atomic E-state index is 12.6. The molecule has 1 amide bonds. The summed E-state index contributed by atoms with van der Waals surface area (Å²) in [5, 5.41) is 0.424. The molecule has 1 aromatic heterocycles. The third kappa shape index (κ3) is 3.24. The summed E-state index contributed by atoms with van der Waals surface area (Å²) < 4.78 is 5.58. The summed E-state index contributed by atoms with van der Waals surface area (Å²) in [5.74, 6) is 0.358. The van der Waals surface area contributed by atoms with Crippen molar-refractivity contribution < 1.29 is 9.53 Å². The molecule has 0 unspecified atom stereocenters. The molecule has 1 aliphatic rings. The molecule has 0 saturated carbocycles. The molecule has 116 valence electrons. The van der Waals surface area contributed by atoms with Gasteiger partial charge < -0.3 is 4.74 Å². The Hall–Kier alpha value is -1.89.